The highest BCUT2D eigenvalue weighted by atomic mass is 32.2. The van der Waals surface area contributed by atoms with Gasteiger partial charge in [0, 0.05) is 42.3 Å². The van der Waals surface area contributed by atoms with E-state index in [1.807, 2.05) is 0 Å². The van der Waals surface area contributed by atoms with Gasteiger partial charge in [-0.15, -0.1) is 0 Å². The number of nitrogens with one attached hydrogen (secondary N) is 2. The van der Waals surface area contributed by atoms with Crippen molar-refractivity contribution in [1.29, 1.82) is 5.41 Å². The topological polar surface area (TPSA) is 103 Å². The summed E-state index contributed by atoms with van der Waals surface area (Å²) < 4.78 is 45.5. The lowest BCUT2D eigenvalue weighted by atomic mass is 10.2. The van der Waals surface area contributed by atoms with Crippen molar-refractivity contribution in [2.24, 2.45) is 0 Å². The van der Waals surface area contributed by atoms with E-state index < -0.39 is 46.2 Å². The molecule has 0 saturated carbocycles. The molecule has 2 fully saturated rings. The Hall–Kier alpha value is -2.56. The van der Waals surface area contributed by atoms with Gasteiger partial charge in [-0.3, -0.25) is 19.3 Å². The summed E-state index contributed by atoms with van der Waals surface area (Å²) in [6, 6.07) is 1.90. The number of hydrogen-bond acceptors (Lipinski definition) is 5. The van der Waals surface area contributed by atoms with Gasteiger partial charge in [-0.2, -0.15) is 0 Å². The Labute approximate surface area is 150 Å². The first kappa shape index (κ1) is 18.2. The summed E-state index contributed by atoms with van der Waals surface area (Å²) in [5.74, 6) is -2.46. The molecule has 140 valence electrons. The minimum atomic E-state index is -1.22. The lowest BCUT2D eigenvalue weighted by Gasteiger charge is -2.30. The predicted molar refractivity (Wildman–Crippen MR) is 91.0 cm³/mol. The van der Waals surface area contributed by atoms with Gasteiger partial charge in [-0.25, -0.2) is 13.6 Å². The average Bonchev–Trinajstić information content (AvgIpc) is 2.97. The predicted octanol–water partition coefficient (Wildman–Crippen LogP) is 0.582. The van der Waals surface area contributed by atoms with Gasteiger partial charge in [-0.1, -0.05) is 0 Å². The Bertz CT molecular complexity index is 796. The monoisotopic (exact) mass is 386 g/mol. The lowest BCUT2D eigenvalue weighted by molar-refractivity contribution is -0.127. The van der Waals surface area contributed by atoms with Crippen molar-refractivity contribution in [2.75, 3.05) is 41.4 Å². The first-order chi connectivity index (χ1) is 12.3. The molecule has 8 nitrogen and oxygen atoms in total. The number of amidine groups is 1. The molecule has 1 aromatic rings. The third kappa shape index (κ3) is 3.26. The van der Waals surface area contributed by atoms with Gasteiger partial charge >= 0.3 is 6.09 Å². The molecule has 2 aliphatic rings. The molecular weight excluding hydrogens is 370 g/mol. The maximum absolute atomic E-state index is 14.6. The van der Waals surface area contributed by atoms with Crippen LogP contribution in [0.4, 0.5) is 25.0 Å². The maximum atomic E-state index is 14.6. The van der Waals surface area contributed by atoms with Crippen molar-refractivity contribution in [3.8, 4) is 0 Å². The minimum absolute atomic E-state index is 0.0587. The van der Waals surface area contributed by atoms with Crippen molar-refractivity contribution >= 4 is 40.0 Å². The number of carbonyl (C=O) groups is 2. The normalized spacial score (nSPS) is 23.2. The van der Waals surface area contributed by atoms with Crippen molar-refractivity contribution in [2.45, 2.75) is 6.10 Å². The van der Waals surface area contributed by atoms with E-state index in [0.29, 0.717) is 0 Å². The molecule has 2 saturated heterocycles. The van der Waals surface area contributed by atoms with E-state index in [1.165, 1.54) is 7.05 Å². The first-order valence-electron chi connectivity index (χ1n) is 7.70. The third-order valence-corrected chi connectivity index (χ3v) is 5.33. The van der Waals surface area contributed by atoms with Crippen LogP contribution in [0.3, 0.4) is 0 Å². The number of ether oxygens (including phenoxy) is 1. The number of likely N-dealkylation sites (N-methyl/N-ethyl adjacent to an activating group) is 1. The number of amides is 2. The summed E-state index contributed by atoms with van der Waals surface area (Å²) in [5, 5.41) is 10.2. The van der Waals surface area contributed by atoms with E-state index in [2.05, 4.69) is 5.32 Å². The Balaban J connectivity index is 1.88. The molecule has 2 atom stereocenters. The second-order valence-corrected chi connectivity index (χ2v) is 7.32. The van der Waals surface area contributed by atoms with E-state index in [4.69, 9.17) is 10.1 Å². The SMILES string of the molecule is CNC(=O)[C@H]1CN(c2cc(F)c(N3CCS(=O)CC3=N)c(F)c2)C(=O)O1. The fourth-order valence-electron chi connectivity index (χ4n) is 2.81. The van der Waals surface area contributed by atoms with Crippen LogP contribution in [0.2, 0.25) is 0 Å². The van der Waals surface area contributed by atoms with Crippen LogP contribution in [0.1, 0.15) is 0 Å². The second kappa shape index (κ2) is 6.98. The molecule has 0 aliphatic carbocycles. The van der Waals surface area contributed by atoms with Gasteiger partial charge in [0.1, 0.15) is 11.5 Å². The number of cyclic esters (lactones) is 1. The molecule has 2 amide bonds. The van der Waals surface area contributed by atoms with Crippen LogP contribution in [0.5, 0.6) is 0 Å². The highest BCUT2D eigenvalue weighted by Crippen LogP contribution is 2.31. The molecule has 2 N–H and O–H groups in total. The number of carbonyl (C=O) groups excluding carboxylic acids is 2. The Morgan fingerprint density at radius 1 is 1.35 bits per heavy atom. The molecule has 11 heteroatoms. The highest BCUT2D eigenvalue weighted by Gasteiger charge is 2.37. The lowest BCUT2D eigenvalue weighted by Crippen LogP contribution is -2.43. The summed E-state index contributed by atoms with van der Waals surface area (Å²) in [7, 11) is 0.165. The molecule has 0 aromatic heterocycles. The summed E-state index contributed by atoms with van der Waals surface area (Å²) in [4.78, 5) is 25.6. The number of anilines is 2. The van der Waals surface area contributed by atoms with Crippen LogP contribution in [0, 0.1) is 17.0 Å². The largest absolute Gasteiger partial charge is 0.434 e. The van der Waals surface area contributed by atoms with Crippen LogP contribution < -0.4 is 15.1 Å². The van der Waals surface area contributed by atoms with Crippen LogP contribution in [-0.4, -0.2) is 59.8 Å². The van der Waals surface area contributed by atoms with Crippen LogP contribution >= 0.6 is 0 Å². The van der Waals surface area contributed by atoms with Crippen molar-refractivity contribution in [3.63, 3.8) is 0 Å². The van der Waals surface area contributed by atoms with E-state index in [-0.39, 0.29) is 36.1 Å². The molecule has 1 aromatic carbocycles. The molecule has 2 heterocycles. The van der Waals surface area contributed by atoms with E-state index in [9.17, 15) is 22.6 Å². The summed E-state index contributed by atoms with van der Waals surface area (Å²) in [6.45, 7) is -0.113. The summed E-state index contributed by atoms with van der Waals surface area (Å²) in [6.07, 6.45) is -1.95. The minimum Gasteiger partial charge on any atom is -0.434 e. The van der Waals surface area contributed by atoms with Gasteiger partial charge in [0.25, 0.3) is 5.91 Å². The van der Waals surface area contributed by atoms with Gasteiger partial charge < -0.3 is 15.0 Å². The van der Waals surface area contributed by atoms with Crippen molar-refractivity contribution in [1.82, 2.24) is 5.32 Å². The average molecular weight is 386 g/mol. The fraction of sp³-hybridized carbons (Fsp3) is 0.400. The number of benzene rings is 1. The van der Waals surface area contributed by atoms with E-state index in [0.717, 1.165) is 21.9 Å². The van der Waals surface area contributed by atoms with E-state index >= 15 is 0 Å². The molecule has 0 spiro atoms. The van der Waals surface area contributed by atoms with Gasteiger partial charge in [0.05, 0.1) is 18.0 Å². The molecule has 0 radical (unpaired) electrons. The number of rotatable bonds is 3. The highest BCUT2D eigenvalue weighted by molar-refractivity contribution is 7.85. The standard InChI is InChI=1S/C15H16F2N4O4S/c1-19-14(22)11-6-21(15(23)25-11)8-4-9(16)13(10(17)5-8)20-2-3-26(24)7-12(20)18/h4-5,11,18H,2-3,6-7H2,1H3,(H,19,22)/t11-,26?/m1/s1. The molecule has 26 heavy (non-hydrogen) atoms. The van der Waals surface area contributed by atoms with E-state index in [1.54, 1.807) is 0 Å². The third-order valence-electron chi connectivity index (χ3n) is 4.10. The molecular formula is C15H16F2N4O4S. The molecule has 3 rings (SSSR count). The van der Waals surface area contributed by atoms with Crippen LogP contribution in [0.15, 0.2) is 12.1 Å². The molecule has 1 unspecified atom stereocenters. The molecule has 2 aliphatic heterocycles. The summed E-state index contributed by atoms with van der Waals surface area (Å²) >= 11 is 0. The number of hydrogen-bond donors (Lipinski definition) is 2. The fourth-order valence-corrected chi connectivity index (χ4v) is 3.81. The maximum Gasteiger partial charge on any atom is 0.415 e. The summed E-state index contributed by atoms with van der Waals surface area (Å²) in [5.41, 5.74) is -0.516. The smallest absolute Gasteiger partial charge is 0.415 e. The Morgan fingerprint density at radius 2 is 2.00 bits per heavy atom. The number of nitrogens with zero attached hydrogens (tertiary/aromatic N) is 2. The number of halogens is 2. The Morgan fingerprint density at radius 3 is 2.58 bits per heavy atom. The van der Waals surface area contributed by atoms with Crippen LogP contribution in [-0.2, 0) is 20.3 Å². The second-order valence-electron chi connectivity index (χ2n) is 5.74. The van der Waals surface area contributed by atoms with Gasteiger partial charge in [0.2, 0.25) is 0 Å². The van der Waals surface area contributed by atoms with Crippen molar-refractivity contribution in [3.05, 3.63) is 23.8 Å². The quantitative estimate of drug-likeness (QED) is 0.791. The first-order valence-corrected chi connectivity index (χ1v) is 9.19. The van der Waals surface area contributed by atoms with Gasteiger partial charge in [0.15, 0.2) is 17.7 Å². The molecule has 0 bridgehead atoms. The van der Waals surface area contributed by atoms with Gasteiger partial charge in [-0.05, 0) is 0 Å². The zero-order valence-electron chi connectivity index (χ0n) is 13.8. The van der Waals surface area contributed by atoms with Crippen LogP contribution in [0.25, 0.3) is 0 Å². The zero-order valence-corrected chi connectivity index (χ0v) is 14.6. The Kier molecular flexibility index (Phi) is 4.90. The van der Waals surface area contributed by atoms with Crippen molar-refractivity contribution < 1.29 is 27.3 Å². The zero-order chi connectivity index (χ0) is 19.0.